The number of benzene rings is 1. The Labute approximate surface area is 172 Å². The van der Waals surface area contributed by atoms with Crippen molar-refractivity contribution in [3.05, 3.63) is 46.1 Å². The van der Waals surface area contributed by atoms with E-state index < -0.39 is 11.8 Å². The van der Waals surface area contributed by atoms with Gasteiger partial charge in [0.1, 0.15) is 5.92 Å². The summed E-state index contributed by atoms with van der Waals surface area (Å²) in [6.07, 6.45) is 2.94. The average molecular weight is 402 g/mol. The van der Waals surface area contributed by atoms with E-state index in [4.69, 9.17) is 21.3 Å². The molecule has 3 rings (SSSR count). The van der Waals surface area contributed by atoms with Crippen molar-refractivity contribution >= 4 is 29.1 Å². The number of nitrogens with zero attached hydrogens (tertiary/aromatic N) is 1. The van der Waals surface area contributed by atoms with E-state index in [1.165, 1.54) is 0 Å². The maximum Gasteiger partial charge on any atom is 0.315 e. The normalized spacial score (nSPS) is 23.9. The summed E-state index contributed by atoms with van der Waals surface area (Å²) < 4.78 is 5.54. The molecule has 0 bridgehead atoms. The summed E-state index contributed by atoms with van der Waals surface area (Å²) in [5.74, 6) is -1.24. The van der Waals surface area contributed by atoms with Crippen LogP contribution in [0.3, 0.4) is 0 Å². The second kappa shape index (κ2) is 8.20. The maximum atomic E-state index is 13.1. The molecule has 0 saturated heterocycles. The quantitative estimate of drug-likeness (QED) is 0.483. The van der Waals surface area contributed by atoms with E-state index in [0.29, 0.717) is 29.3 Å². The number of esters is 1. The van der Waals surface area contributed by atoms with Crippen LogP contribution < -0.4 is 0 Å². The molecular formula is C23H28ClNO3. The van der Waals surface area contributed by atoms with Crippen molar-refractivity contribution in [2.24, 2.45) is 16.3 Å². The van der Waals surface area contributed by atoms with Crippen LogP contribution in [0.25, 0.3) is 0 Å². The molecule has 0 amide bonds. The van der Waals surface area contributed by atoms with Gasteiger partial charge in [0.2, 0.25) is 0 Å². The van der Waals surface area contributed by atoms with E-state index in [9.17, 15) is 9.59 Å². The highest BCUT2D eigenvalue weighted by Gasteiger charge is 2.46. The Morgan fingerprint density at radius 2 is 2.07 bits per heavy atom. The lowest BCUT2D eigenvalue weighted by Gasteiger charge is -2.39. The number of Topliss-reactive ketones (excluding diaryl/α,β-unsaturated/α-hetero) is 1. The number of allylic oxidation sites excluding steroid dienone is 2. The molecule has 28 heavy (non-hydrogen) atoms. The number of aliphatic imine (C=N–C) groups is 1. The summed E-state index contributed by atoms with van der Waals surface area (Å²) in [5, 5.41) is 0.585. The number of carbonyl (C=O) groups is 2. The number of hydrogen-bond donors (Lipinski definition) is 0. The molecule has 2 aliphatic rings. The lowest BCUT2D eigenvalue weighted by atomic mass is 9.67. The molecule has 1 aliphatic carbocycles. The number of unbranched alkanes of at least 4 members (excludes halogenated alkanes) is 1. The van der Waals surface area contributed by atoms with Crippen LogP contribution in [-0.4, -0.2) is 24.1 Å². The van der Waals surface area contributed by atoms with Gasteiger partial charge < -0.3 is 4.74 Å². The molecule has 150 valence electrons. The first-order valence-corrected chi connectivity index (χ1v) is 10.3. The van der Waals surface area contributed by atoms with Gasteiger partial charge in [-0.2, -0.15) is 0 Å². The fourth-order valence-corrected chi connectivity index (χ4v) is 4.42. The monoisotopic (exact) mass is 401 g/mol. The molecule has 1 heterocycles. The van der Waals surface area contributed by atoms with Crippen molar-refractivity contribution in [2.75, 3.05) is 6.61 Å². The highest BCUT2D eigenvalue weighted by molar-refractivity contribution is 6.30. The summed E-state index contributed by atoms with van der Waals surface area (Å²) >= 11 is 6.24. The van der Waals surface area contributed by atoms with Crippen molar-refractivity contribution in [1.29, 1.82) is 0 Å². The van der Waals surface area contributed by atoms with E-state index in [1.54, 1.807) is 6.07 Å². The van der Waals surface area contributed by atoms with Crippen LogP contribution in [0.1, 0.15) is 64.9 Å². The minimum atomic E-state index is -0.598. The minimum absolute atomic E-state index is 0.0684. The highest BCUT2D eigenvalue weighted by atomic mass is 35.5. The van der Waals surface area contributed by atoms with Gasteiger partial charge in [-0.25, -0.2) is 0 Å². The molecule has 1 aliphatic heterocycles. The van der Waals surface area contributed by atoms with Crippen LogP contribution >= 0.6 is 11.6 Å². The zero-order valence-corrected chi connectivity index (χ0v) is 17.8. The molecule has 1 unspecified atom stereocenters. The Hall–Kier alpha value is -1.94. The number of hydrogen-bond acceptors (Lipinski definition) is 4. The van der Waals surface area contributed by atoms with Crippen molar-refractivity contribution < 1.29 is 14.3 Å². The van der Waals surface area contributed by atoms with Gasteiger partial charge in [0.15, 0.2) is 5.78 Å². The average Bonchev–Trinajstić information content (AvgIpc) is 2.59. The van der Waals surface area contributed by atoms with E-state index in [-0.39, 0.29) is 17.2 Å². The van der Waals surface area contributed by atoms with Crippen LogP contribution in [-0.2, 0) is 14.3 Å². The third-order valence-corrected chi connectivity index (χ3v) is 5.74. The van der Waals surface area contributed by atoms with Gasteiger partial charge in [0, 0.05) is 34.3 Å². The number of carbonyl (C=O) groups excluding carboxylic acids is 2. The van der Waals surface area contributed by atoms with Crippen molar-refractivity contribution in [2.45, 2.75) is 59.3 Å². The van der Waals surface area contributed by atoms with Crippen molar-refractivity contribution in [3.63, 3.8) is 0 Å². The molecule has 2 atom stereocenters. The molecule has 0 fully saturated rings. The van der Waals surface area contributed by atoms with Gasteiger partial charge in [-0.3, -0.25) is 14.6 Å². The first kappa shape index (κ1) is 20.8. The molecular weight excluding hydrogens is 374 g/mol. The molecule has 1 aromatic carbocycles. The van der Waals surface area contributed by atoms with E-state index >= 15 is 0 Å². The first-order valence-electron chi connectivity index (χ1n) is 9.97. The summed E-state index contributed by atoms with van der Waals surface area (Å²) in [6.45, 7) is 8.46. The SMILES string of the molecule is CCCCOC(=O)C1C(C)=NC2=C(C(=O)CC(C)(C)C2)[C@@H]1c1cccc(Cl)c1. The summed E-state index contributed by atoms with van der Waals surface area (Å²) in [5.41, 5.74) is 2.90. The largest absolute Gasteiger partial charge is 0.465 e. The van der Waals surface area contributed by atoms with Crippen molar-refractivity contribution in [3.8, 4) is 0 Å². The van der Waals surface area contributed by atoms with Crippen LogP contribution in [0.15, 0.2) is 40.5 Å². The Bertz CT molecular complexity index is 853. The third kappa shape index (κ3) is 4.22. The highest BCUT2D eigenvalue weighted by Crippen LogP contribution is 2.48. The molecule has 0 spiro atoms. The zero-order valence-electron chi connectivity index (χ0n) is 17.0. The molecule has 4 nitrogen and oxygen atoms in total. The molecule has 0 saturated carbocycles. The number of halogens is 1. The Morgan fingerprint density at radius 1 is 1.32 bits per heavy atom. The first-order chi connectivity index (χ1) is 13.2. The minimum Gasteiger partial charge on any atom is -0.465 e. The zero-order chi connectivity index (χ0) is 20.5. The van der Waals surface area contributed by atoms with Crippen LogP contribution in [0.4, 0.5) is 0 Å². The molecule has 0 N–H and O–H groups in total. The predicted molar refractivity (Wildman–Crippen MR) is 112 cm³/mol. The van der Waals surface area contributed by atoms with Gasteiger partial charge in [0.05, 0.1) is 6.61 Å². The number of ether oxygens (including phenoxy) is 1. The fourth-order valence-electron chi connectivity index (χ4n) is 4.22. The third-order valence-electron chi connectivity index (χ3n) is 5.51. The van der Waals surface area contributed by atoms with E-state index in [1.807, 2.05) is 25.1 Å². The molecule has 5 heteroatoms. The molecule has 0 radical (unpaired) electrons. The fraction of sp³-hybridized carbons (Fsp3) is 0.522. The number of ketones is 1. The Balaban J connectivity index is 2.08. The van der Waals surface area contributed by atoms with Crippen molar-refractivity contribution in [1.82, 2.24) is 0 Å². The van der Waals surface area contributed by atoms with Gasteiger partial charge >= 0.3 is 5.97 Å². The number of rotatable bonds is 5. The lowest BCUT2D eigenvalue weighted by Crippen LogP contribution is -2.39. The summed E-state index contributed by atoms with van der Waals surface area (Å²) in [7, 11) is 0. The summed E-state index contributed by atoms with van der Waals surface area (Å²) in [4.78, 5) is 30.8. The van der Waals surface area contributed by atoms with Crippen LogP contribution in [0, 0.1) is 11.3 Å². The lowest BCUT2D eigenvalue weighted by molar-refractivity contribution is -0.146. The van der Waals surface area contributed by atoms with E-state index in [0.717, 1.165) is 30.5 Å². The van der Waals surface area contributed by atoms with Crippen LogP contribution in [0.5, 0.6) is 0 Å². The standard InChI is InChI=1S/C23H28ClNO3/c1-5-6-10-28-22(27)19-14(2)25-17-12-23(3,4)13-18(26)21(17)20(19)15-8-7-9-16(24)11-15/h7-9,11,19-20H,5-6,10,12-13H2,1-4H3/t19?,20-/m1/s1. The van der Waals surface area contributed by atoms with Gasteiger partial charge in [-0.05, 0) is 42.9 Å². The van der Waals surface area contributed by atoms with E-state index in [2.05, 4.69) is 20.8 Å². The van der Waals surface area contributed by atoms with Gasteiger partial charge in [0.25, 0.3) is 0 Å². The Kier molecular flexibility index (Phi) is 6.09. The maximum absolute atomic E-state index is 13.1. The predicted octanol–water partition coefficient (Wildman–Crippen LogP) is 5.50. The van der Waals surface area contributed by atoms with Gasteiger partial charge in [-0.15, -0.1) is 0 Å². The second-order valence-electron chi connectivity index (χ2n) is 8.59. The topological polar surface area (TPSA) is 55.7 Å². The molecule has 1 aromatic rings. The molecule has 0 aromatic heterocycles. The smallest absolute Gasteiger partial charge is 0.315 e. The van der Waals surface area contributed by atoms with Crippen LogP contribution in [0.2, 0.25) is 5.02 Å². The summed E-state index contributed by atoms with van der Waals surface area (Å²) in [6, 6.07) is 7.42. The van der Waals surface area contributed by atoms with Gasteiger partial charge in [-0.1, -0.05) is 50.9 Å². The Morgan fingerprint density at radius 3 is 2.75 bits per heavy atom. The second-order valence-corrected chi connectivity index (χ2v) is 9.02.